The molecular weight excluding hydrogens is 250 g/mol. The molecule has 0 radical (unpaired) electrons. The highest BCUT2D eigenvalue weighted by molar-refractivity contribution is 5.71. The maximum Gasteiger partial charge on any atom is 0.131 e. The lowest BCUT2D eigenvalue weighted by Crippen LogP contribution is -2.04. The minimum atomic E-state index is 0.625. The molecule has 0 bridgehead atoms. The van der Waals surface area contributed by atoms with E-state index in [4.69, 9.17) is 10.5 Å². The molecule has 4 nitrogen and oxygen atoms in total. The second kappa shape index (κ2) is 6.57. The molecule has 0 aliphatic rings. The second-order valence-electron chi connectivity index (χ2n) is 5.03. The van der Waals surface area contributed by atoms with E-state index in [2.05, 4.69) is 40.7 Å². The van der Waals surface area contributed by atoms with E-state index in [-0.39, 0.29) is 0 Å². The fourth-order valence-electron chi connectivity index (χ4n) is 2.32. The summed E-state index contributed by atoms with van der Waals surface area (Å²) in [4.78, 5) is 4.62. The Morgan fingerprint density at radius 2 is 1.95 bits per heavy atom. The normalized spacial score (nSPS) is 10.9. The van der Waals surface area contributed by atoms with Crippen LogP contribution in [0, 0.1) is 6.92 Å². The molecule has 0 atom stereocenters. The number of ether oxygens (including phenoxy) is 1. The molecule has 108 valence electrons. The highest BCUT2D eigenvalue weighted by atomic mass is 16.5. The van der Waals surface area contributed by atoms with E-state index in [0.29, 0.717) is 6.61 Å². The number of benzene rings is 1. The van der Waals surface area contributed by atoms with Crippen molar-refractivity contribution < 1.29 is 4.74 Å². The SMILES string of the molecule is CCCCn1c(C)nc(-c2ccc(COC)cc2)c1N. The molecule has 0 unspecified atom stereocenters. The van der Waals surface area contributed by atoms with E-state index < -0.39 is 0 Å². The van der Waals surface area contributed by atoms with Crippen molar-refractivity contribution in [1.82, 2.24) is 9.55 Å². The van der Waals surface area contributed by atoms with Gasteiger partial charge in [-0.15, -0.1) is 0 Å². The number of nitrogens with two attached hydrogens (primary N) is 1. The molecule has 2 aromatic rings. The lowest BCUT2D eigenvalue weighted by molar-refractivity contribution is 0.185. The number of aryl methyl sites for hydroxylation is 1. The van der Waals surface area contributed by atoms with Crippen LogP contribution in [0.15, 0.2) is 24.3 Å². The van der Waals surface area contributed by atoms with Crippen LogP contribution in [0.25, 0.3) is 11.3 Å². The molecule has 1 aromatic carbocycles. The molecule has 0 saturated carbocycles. The minimum absolute atomic E-state index is 0.625. The van der Waals surface area contributed by atoms with Crippen molar-refractivity contribution >= 4 is 5.82 Å². The summed E-state index contributed by atoms with van der Waals surface area (Å²) in [5, 5.41) is 0. The summed E-state index contributed by atoms with van der Waals surface area (Å²) in [7, 11) is 1.70. The van der Waals surface area contributed by atoms with Gasteiger partial charge in [-0.2, -0.15) is 0 Å². The predicted octanol–water partition coefficient (Wildman–Crippen LogP) is 3.39. The third-order valence-corrected chi connectivity index (χ3v) is 3.47. The average molecular weight is 273 g/mol. The van der Waals surface area contributed by atoms with Crippen LogP contribution in [-0.4, -0.2) is 16.7 Å². The van der Waals surface area contributed by atoms with E-state index in [9.17, 15) is 0 Å². The summed E-state index contributed by atoms with van der Waals surface area (Å²) in [6, 6.07) is 8.21. The summed E-state index contributed by atoms with van der Waals surface area (Å²) < 4.78 is 7.22. The van der Waals surface area contributed by atoms with Crippen LogP contribution in [0.3, 0.4) is 0 Å². The first-order valence-electron chi connectivity index (χ1n) is 7.08. The maximum atomic E-state index is 6.25. The third kappa shape index (κ3) is 3.02. The van der Waals surface area contributed by atoms with Crippen LogP contribution in [-0.2, 0) is 17.9 Å². The number of nitrogens with zero attached hydrogens (tertiary/aromatic N) is 2. The summed E-state index contributed by atoms with van der Waals surface area (Å²) in [6.07, 6.45) is 2.27. The number of anilines is 1. The molecule has 0 aliphatic heterocycles. The first-order chi connectivity index (χ1) is 9.67. The van der Waals surface area contributed by atoms with E-state index in [1.807, 2.05) is 6.92 Å². The van der Waals surface area contributed by atoms with Gasteiger partial charge in [0.25, 0.3) is 0 Å². The van der Waals surface area contributed by atoms with Gasteiger partial charge in [0, 0.05) is 19.2 Å². The zero-order valence-electron chi connectivity index (χ0n) is 12.5. The summed E-state index contributed by atoms with van der Waals surface area (Å²) in [6.45, 7) is 5.75. The Labute approximate surface area is 120 Å². The summed E-state index contributed by atoms with van der Waals surface area (Å²) in [5.74, 6) is 1.74. The largest absolute Gasteiger partial charge is 0.383 e. The van der Waals surface area contributed by atoms with Gasteiger partial charge in [-0.25, -0.2) is 4.98 Å². The first kappa shape index (κ1) is 14.6. The number of nitrogen functional groups attached to an aromatic ring is 1. The van der Waals surface area contributed by atoms with Crippen molar-refractivity contribution in [3.05, 3.63) is 35.7 Å². The van der Waals surface area contributed by atoms with Gasteiger partial charge in [0.15, 0.2) is 0 Å². The number of unbranched alkanes of at least 4 members (excludes halogenated alkanes) is 1. The Balaban J connectivity index is 2.28. The molecule has 2 rings (SSSR count). The van der Waals surface area contributed by atoms with Gasteiger partial charge in [0.1, 0.15) is 17.3 Å². The monoisotopic (exact) mass is 273 g/mol. The van der Waals surface area contributed by atoms with Crippen LogP contribution >= 0.6 is 0 Å². The van der Waals surface area contributed by atoms with Gasteiger partial charge < -0.3 is 15.0 Å². The summed E-state index contributed by atoms with van der Waals surface area (Å²) in [5.41, 5.74) is 9.33. The lowest BCUT2D eigenvalue weighted by Gasteiger charge is -2.07. The average Bonchev–Trinajstić information content (AvgIpc) is 2.73. The number of hydrogen-bond acceptors (Lipinski definition) is 3. The number of aromatic nitrogens is 2. The van der Waals surface area contributed by atoms with E-state index in [1.165, 1.54) is 0 Å². The topological polar surface area (TPSA) is 53.1 Å². The summed E-state index contributed by atoms with van der Waals surface area (Å²) >= 11 is 0. The Morgan fingerprint density at radius 1 is 1.25 bits per heavy atom. The number of rotatable bonds is 6. The molecule has 20 heavy (non-hydrogen) atoms. The van der Waals surface area contributed by atoms with Gasteiger partial charge in [-0.3, -0.25) is 0 Å². The number of hydrogen-bond donors (Lipinski definition) is 1. The zero-order valence-corrected chi connectivity index (χ0v) is 12.5. The third-order valence-electron chi connectivity index (χ3n) is 3.47. The van der Waals surface area contributed by atoms with Crippen molar-refractivity contribution in [1.29, 1.82) is 0 Å². The van der Waals surface area contributed by atoms with Crippen LogP contribution < -0.4 is 5.73 Å². The first-order valence-corrected chi connectivity index (χ1v) is 7.08. The lowest BCUT2D eigenvalue weighted by atomic mass is 10.1. The van der Waals surface area contributed by atoms with Crippen LogP contribution in [0.1, 0.15) is 31.2 Å². The van der Waals surface area contributed by atoms with Crippen LogP contribution in [0.5, 0.6) is 0 Å². The number of imidazole rings is 1. The Kier molecular flexibility index (Phi) is 4.79. The smallest absolute Gasteiger partial charge is 0.131 e. The van der Waals surface area contributed by atoms with Gasteiger partial charge in [-0.05, 0) is 18.9 Å². The molecule has 2 N–H and O–H groups in total. The minimum Gasteiger partial charge on any atom is -0.383 e. The highest BCUT2D eigenvalue weighted by Crippen LogP contribution is 2.27. The van der Waals surface area contributed by atoms with Crippen LogP contribution in [0.4, 0.5) is 5.82 Å². The Morgan fingerprint density at radius 3 is 2.55 bits per heavy atom. The fourth-order valence-corrected chi connectivity index (χ4v) is 2.32. The van der Waals surface area contributed by atoms with Crippen molar-refractivity contribution in [2.75, 3.05) is 12.8 Å². The maximum absolute atomic E-state index is 6.25. The van der Waals surface area contributed by atoms with Crippen LogP contribution in [0.2, 0.25) is 0 Å². The molecule has 1 aromatic heterocycles. The molecule has 0 spiro atoms. The second-order valence-corrected chi connectivity index (χ2v) is 5.03. The quantitative estimate of drug-likeness (QED) is 0.877. The molecule has 0 aliphatic carbocycles. The Bertz CT molecular complexity index is 558. The molecule has 1 heterocycles. The predicted molar refractivity (Wildman–Crippen MR) is 82.4 cm³/mol. The van der Waals surface area contributed by atoms with Crippen molar-refractivity contribution in [3.63, 3.8) is 0 Å². The molecule has 0 saturated heterocycles. The standard InChI is InChI=1S/C16H23N3O/c1-4-5-10-19-12(2)18-15(16(19)17)14-8-6-13(7-9-14)11-20-3/h6-9H,4-5,10-11,17H2,1-3H3. The molecule has 0 fully saturated rings. The number of methoxy groups -OCH3 is 1. The fraction of sp³-hybridized carbons (Fsp3) is 0.438. The molecular formula is C16H23N3O. The van der Waals surface area contributed by atoms with Gasteiger partial charge in [0.05, 0.1) is 6.61 Å². The van der Waals surface area contributed by atoms with Gasteiger partial charge >= 0.3 is 0 Å². The van der Waals surface area contributed by atoms with E-state index in [1.54, 1.807) is 7.11 Å². The van der Waals surface area contributed by atoms with E-state index in [0.717, 1.165) is 47.8 Å². The molecule has 0 amide bonds. The van der Waals surface area contributed by atoms with Crippen molar-refractivity contribution in [2.45, 2.75) is 39.8 Å². The zero-order chi connectivity index (χ0) is 14.5. The van der Waals surface area contributed by atoms with Gasteiger partial charge in [0.2, 0.25) is 0 Å². The Hall–Kier alpha value is -1.81. The highest BCUT2D eigenvalue weighted by Gasteiger charge is 2.13. The van der Waals surface area contributed by atoms with Gasteiger partial charge in [-0.1, -0.05) is 37.6 Å². The van der Waals surface area contributed by atoms with E-state index >= 15 is 0 Å². The van der Waals surface area contributed by atoms with Crippen molar-refractivity contribution in [2.24, 2.45) is 0 Å². The van der Waals surface area contributed by atoms with Crippen molar-refractivity contribution in [3.8, 4) is 11.3 Å². The molecule has 4 heteroatoms.